The van der Waals surface area contributed by atoms with Gasteiger partial charge in [-0.2, -0.15) is 5.26 Å². The van der Waals surface area contributed by atoms with Gasteiger partial charge in [0.15, 0.2) is 0 Å². The molecule has 0 spiro atoms. The number of likely N-dealkylation sites (N-methyl/N-ethyl adjacent to an activating group) is 1. The zero-order valence-electron chi connectivity index (χ0n) is 19.4. The van der Waals surface area contributed by atoms with Gasteiger partial charge in [0.1, 0.15) is 23.3 Å². The third-order valence-electron chi connectivity index (χ3n) is 5.25. The molecular formula is C25H25N5O4S. The highest BCUT2D eigenvalue weighted by Crippen LogP contribution is 2.28. The van der Waals surface area contributed by atoms with Crippen LogP contribution in [0.3, 0.4) is 0 Å². The summed E-state index contributed by atoms with van der Waals surface area (Å²) < 4.78 is 5.33. The molecule has 9 nitrogen and oxygen atoms in total. The summed E-state index contributed by atoms with van der Waals surface area (Å²) in [6.07, 6.45) is 1.54. The molecule has 0 saturated carbocycles. The fourth-order valence-electron chi connectivity index (χ4n) is 3.20. The molecule has 0 bridgehead atoms. The molecule has 3 aromatic rings. The summed E-state index contributed by atoms with van der Waals surface area (Å²) in [5.41, 5.74) is 2.58. The number of rotatable bonds is 11. The number of carbonyl (C=O) groups is 1. The molecular weight excluding hydrogens is 466 g/mol. The van der Waals surface area contributed by atoms with Crippen LogP contribution < -0.4 is 5.32 Å². The minimum absolute atomic E-state index is 0.0222. The SMILES string of the molecule is CCN(CC)CCOC(=O)c1ccc(NC=C(C#N)c2nc(-c3cccc([N+](=O)[O-])c3)cs2)cc1. The standard InChI is InChI=1S/C25H25N5O4S/c1-3-29(4-2)12-13-34-25(31)18-8-10-21(11-9-18)27-16-20(15-26)24-28-23(17-35-24)19-6-5-7-22(14-19)30(32)33/h5-11,14,16-17,27H,3-4,12-13H2,1-2H3. The molecule has 0 unspecified atom stereocenters. The molecule has 0 atom stereocenters. The number of non-ortho nitro benzene ring substituents is 1. The second-order valence-electron chi connectivity index (χ2n) is 7.40. The molecule has 180 valence electrons. The first kappa shape index (κ1) is 25.6. The first-order valence-corrected chi connectivity index (χ1v) is 11.9. The average molecular weight is 492 g/mol. The molecule has 1 aromatic heterocycles. The van der Waals surface area contributed by atoms with Crippen molar-refractivity contribution >= 4 is 34.3 Å². The van der Waals surface area contributed by atoms with Crippen molar-refractivity contribution in [2.45, 2.75) is 13.8 Å². The summed E-state index contributed by atoms with van der Waals surface area (Å²) in [7, 11) is 0. The van der Waals surface area contributed by atoms with Gasteiger partial charge in [-0.05, 0) is 37.4 Å². The Morgan fingerprint density at radius 2 is 2.00 bits per heavy atom. The number of nitrogens with one attached hydrogen (secondary N) is 1. The average Bonchev–Trinajstić information content (AvgIpc) is 3.37. The van der Waals surface area contributed by atoms with Crippen LogP contribution in [0.4, 0.5) is 11.4 Å². The molecule has 0 radical (unpaired) electrons. The van der Waals surface area contributed by atoms with Crippen molar-refractivity contribution in [3.63, 3.8) is 0 Å². The van der Waals surface area contributed by atoms with Gasteiger partial charge in [-0.3, -0.25) is 10.1 Å². The largest absolute Gasteiger partial charge is 0.461 e. The van der Waals surface area contributed by atoms with Gasteiger partial charge in [0.05, 0.1) is 16.2 Å². The maximum Gasteiger partial charge on any atom is 0.338 e. The van der Waals surface area contributed by atoms with Crippen LogP contribution in [0.2, 0.25) is 0 Å². The topological polar surface area (TPSA) is 121 Å². The summed E-state index contributed by atoms with van der Waals surface area (Å²) in [4.78, 5) is 29.4. The predicted octanol–water partition coefficient (Wildman–Crippen LogP) is 5.19. The summed E-state index contributed by atoms with van der Waals surface area (Å²) in [6, 6.07) is 15.1. The molecule has 2 aromatic carbocycles. The number of hydrogen-bond acceptors (Lipinski definition) is 9. The number of allylic oxidation sites excluding steroid dienone is 1. The van der Waals surface area contributed by atoms with E-state index in [4.69, 9.17) is 4.74 Å². The quantitative estimate of drug-likeness (QED) is 0.168. The van der Waals surface area contributed by atoms with E-state index >= 15 is 0 Å². The Labute approximate surface area is 207 Å². The smallest absolute Gasteiger partial charge is 0.338 e. The van der Waals surface area contributed by atoms with Crippen LogP contribution in [0.25, 0.3) is 16.8 Å². The number of nitriles is 1. The summed E-state index contributed by atoms with van der Waals surface area (Å²) >= 11 is 1.27. The number of hydrogen-bond donors (Lipinski definition) is 1. The second-order valence-corrected chi connectivity index (χ2v) is 8.26. The number of nitro benzene ring substituents is 1. The van der Waals surface area contributed by atoms with Crippen LogP contribution in [0.15, 0.2) is 60.1 Å². The van der Waals surface area contributed by atoms with Crippen LogP contribution in [0, 0.1) is 21.4 Å². The van der Waals surface area contributed by atoms with Crippen molar-refractivity contribution in [1.82, 2.24) is 9.88 Å². The third kappa shape index (κ3) is 6.96. The van der Waals surface area contributed by atoms with Gasteiger partial charge < -0.3 is 15.0 Å². The summed E-state index contributed by atoms with van der Waals surface area (Å²) in [5, 5.41) is 25.9. The Bertz CT molecular complexity index is 1240. The lowest BCUT2D eigenvalue weighted by atomic mass is 10.1. The molecule has 0 aliphatic carbocycles. The molecule has 10 heteroatoms. The molecule has 1 N–H and O–H groups in total. The van der Waals surface area contributed by atoms with Crippen LogP contribution >= 0.6 is 11.3 Å². The molecule has 35 heavy (non-hydrogen) atoms. The van der Waals surface area contributed by atoms with Gasteiger partial charge in [0.25, 0.3) is 5.69 Å². The van der Waals surface area contributed by atoms with Crippen LogP contribution in [0.5, 0.6) is 0 Å². The number of carbonyl (C=O) groups excluding carboxylic acids is 1. The van der Waals surface area contributed by atoms with E-state index in [1.54, 1.807) is 41.8 Å². The number of ether oxygens (including phenoxy) is 1. The van der Waals surface area contributed by atoms with Crippen molar-refractivity contribution in [3.05, 3.63) is 80.8 Å². The zero-order valence-corrected chi connectivity index (χ0v) is 20.2. The Kier molecular flexibility index (Phi) is 9.06. The van der Waals surface area contributed by atoms with Gasteiger partial charge >= 0.3 is 5.97 Å². The second kappa shape index (κ2) is 12.4. The van der Waals surface area contributed by atoms with Crippen molar-refractivity contribution in [2.75, 3.05) is 31.6 Å². The molecule has 0 aliphatic rings. The maximum atomic E-state index is 12.2. The van der Waals surface area contributed by atoms with Crippen molar-refractivity contribution in [1.29, 1.82) is 5.26 Å². The number of nitrogens with zero attached hydrogens (tertiary/aromatic N) is 4. The Morgan fingerprint density at radius 3 is 2.66 bits per heavy atom. The van der Waals surface area contributed by atoms with E-state index in [9.17, 15) is 20.2 Å². The number of nitro groups is 1. The summed E-state index contributed by atoms with van der Waals surface area (Å²) in [6.45, 7) is 6.97. The normalized spacial score (nSPS) is 11.2. The Balaban J connectivity index is 1.63. The lowest BCUT2D eigenvalue weighted by Gasteiger charge is -2.17. The monoisotopic (exact) mass is 491 g/mol. The molecule has 0 aliphatic heterocycles. The fourth-order valence-corrected chi connectivity index (χ4v) is 3.99. The van der Waals surface area contributed by atoms with Gasteiger partial charge in [0.2, 0.25) is 0 Å². The number of esters is 1. The van der Waals surface area contributed by atoms with Gasteiger partial charge in [-0.1, -0.05) is 26.0 Å². The van der Waals surface area contributed by atoms with Crippen LogP contribution in [-0.4, -0.2) is 47.0 Å². The molecule has 0 saturated heterocycles. The third-order valence-corrected chi connectivity index (χ3v) is 6.12. The Morgan fingerprint density at radius 1 is 1.26 bits per heavy atom. The van der Waals surface area contributed by atoms with E-state index < -0.39 is 4.92 Å². The lowest BCUT2D eigenvalue weighted by Crippen LogP contribution is -2.27. The molecule has 3 rings (SSSR count). The van der Waals surface area contributed by atoms with Crippen LogP contribution in [0.1, 0.15) is 29.2 Å². The van der Waals surface area contributed by atoms with Gasteiger partial charge in [-0.15, -0.1) is 11.3 Å². The highest BCUT2D eigenvalue weighted by Gasteiger charge is 2.12. The zero-order chi connectivity index (χ0) is 25.2. The number of aromatic nitrogens is 1. The van der Waals surface area contributed by atoms with Crippen molar-refractivity contribution < 1.29 is 14.5 Å². The van der Waals surface area contributed by atoms with E-state index in [-0.39, 0.29) is 11.7 Å². The van der Waals surface area contributed by atoms with Crippen molar-refractivity contribution in [3.8, 4) is 17.3 Å². The summed E-state index contributed by atoms with van der Waals surface area (Å²) in [5.74, 6) is -0.381. The molecule has 0 fully saturated rings. The number of benzene rings is 2. The van der Waals surface area contributed by atoms with E-state index in [0.29, 0.717) is 46.2 Å². The van der Waals surface area contributed by atoms with Gasteiger partial charge in [-0.25, -0.2) is 9.78 Å². The molecule has 1 heterocycles. The fraction of sp³-hybridized carbons (Fsp3) is 0.240. The first-order chi connectivity index (χ1) is 16.9. The van der Waals surface area contributed by atoms with Crippen LogP contribution in [-0.2, 0) is 4.74 Å². The first-order valence-electron chi connectivity index (χ1n) is 11.0. The van der Waals surface area contributed by atoms with Gasteiger partial charge in [0, 0.05) is 41.5 Å². The molecule has 0 amide bonds. The highest BCUT2D eigenvalue weighted by molar-refractivity contribution is 7.11. The van der Waals surface area contributed by atoms with E-state index in [0.717, 1.165) is 13.1 Å². The maximum absolute atomic E-state index is 12.2. The minimum atomic E-state index is -0.460. The van der Waals surface area contributed by atoms with E-state index in [1.807, 2.05) is 0 Å². The van der Waals surface area contributed by atoms with Crippen molar-refractivity contribution in [2.24, 2.45) is 0 Å². The van der Waals surface area contributed by atoms with E-state index in [1.165, 1.54) is 29.7 Å². The Hall–Kier alpha value is -4.07. The highest BCUT2D eigenvalue weighted by atomic mass is 32.1. The van der Waals surface area contributed by atoms with E-state index in [2.05, 4.69) is 35.1 Å². The predicted molar refractivity (Wildman–Crippen MR) is 136 cm³/mol. The minimum Gasteiger partial charge on any atom is -0.461 e. The lowest BCUT2D eigenvalue weighted by molar-refractivity contribution is -0.384. The number of anilines is 1. The number of thiazole rings is 1.